The fourth-order valence-electron chi connectivity index (χ4n) is 8.16. The van der Waals surface area contributed by atoms with Gasteiger partial charge in [0.15, 0.2) is 0 Å². The molecule has 107 heavy (non-hydrogen) atoms. The number of hydrogen-bond acceptors (Lipinski definition) is 11. The summed E-state index contributed by atoms with van der Waals surface area (Å²) in [6.45, 7) is 7.31. The lowest BCUT2D eigenvalue weighted by molar-refractivity contribution is -0.174. The van der Waals surface area contributed by atoms with Crippen molar-refractivity contribution in [3.05, 3.63) is 235 Å². The van der Waals surface area contributed by atoms with Crippen LogP contribution < -0.4 is 11.1 Å². The van der Waals surface area contributed by atoms with Gasteiger partial charge in [-0.2, -0.15) is 105 Å². The van der Waals surface area contributed by atoms with Crippen LogP contribution in [0.4, 0.5) is 124 Å². The minimum Gasteiger partial charge on any atom is -0.478 e. The molecule has 0 aliphatic heterocycles. The van der Waals surface area contributed by atoms with Crippen LogP contribution in [0.15, 0.2) is 169 Å². The molecule has 0 aliphatic carbocycles. The normalized spacial score (nSPS) is 13.1. The van der Waals surface area contributed by atoms with Gasteiger partial charge in [0.25, 0.3) is 0 Å². The van der Waals surface area contributed by atoms with Crippen molar-refractivity contribution in [2.45, 2.75) is 101 Å². The summed E-state index contributed by atoms with van der Waals surface area (Å²) in [5.74, 6) is -8.66. The molecule has 4 N–H and O–H groups in total. The zero-order valence-electron chi connectivity index (χ0n) is 54.1. The maximum absolute atomic E-state index is 14.5. The summed E-state index contributed by atoms with van der Waals surface area (Å²) in [7, 11) is 0. The van der Waals surface area contributed by atoms with Crippen molar-refractivity contribution in [2.24, 2.45) is 17.6 Å². The van der Waals surface area contributed by atoms with Crippen molar-refractivity contribution >= 4 is 64.2 Å². The molecule has 0 saturated carbocycles. The van der Waals surface area contributed by atoms with Crippen LogP contribution in [-0.4, -0.2) is 94.8 Å². The van der Waals surface area contributed by atoms with Crippen molar-refractivity contribution in [3.63, 3.8) is 0 Å². The van der Waals surface area contributed by atoms with E-state index in [2.05, 4.69) is 24.2 Å². The Balaban J connectivity index is 0.000000498. The molecule has 0 spiro atoms. The van der Waals surface area contributed by atoms with E-state index in [9.17, 15) is 138 Å². The van der Waals surface area contributed by atoms with Crippen molar-refractivity contribution in [1.82, 2.24) is 15.3 Å². The van der Waals surface area contributed by atoms with Crippen molar-refractivity contribution in [1.29, 1.82) is 0 Å². The number of aliphatic carboxylic acids is 1. The highest BCUT2D eigenvalue weighted by atomic mass is 35.5. The zero-order valence-corrected chi connectivity index (χ0v) is 56.3. The fraction of sp³-hybridized carbons (Fsp3) is 0.308. The molecule has 0 fully saturated rings. The molecule has 13 nitrogen and oxygen atoms in total. The molecule has 0 bridgehead atoms. The number of pyridine rings is 2. The zero-order chi connectivity index (χ0) is 82.5. The quantitative estimate of drug-likeness (QED) is 0.0273. The highest BCUT2D eigenvalue weighted by Gasteiger charge is 2.54. The minimum atomic E-state index is -6.00. The van der Waals surface area contributed by atoms with Gasteiger partial charge in [-0.3, -0.25) is 14.8 Å². The van der Waals surface area contributed by atoms with E-state index in [0.29, 0.717) is 35.7 Å². The number of nitrogens with one attached hydrogen (secondary N) is 1. The molecule has 0 radical (unpaired) electrons. The maximum Gasteiger partial charge on any atom is 0.516 e. The monoisotopic (exact) mass is 1630 g/mol. The highest BCUT2D eigenvalue weighted by molar-refractivity contribution is 6.61. The van der Waals surface area contributed by atoms with Crippen LogP contribution in [0.1, 0.15) is 72.5 Å². The number of alkyl halides is 24. The number of carboxylic acid groups (broad SMARTS) is 1. The van der Waals surface area contributed by atoms with Crippen LogP contribution in [-0.2, 0) is 64.9 Å². The number of carboxylic acids is 1. The number of esters is 1. The van der Waals surface area contributed by atoms with E-state index in [-0.39, 0.29) is 52.5 Å². The summed E-state index contributed by atoms with van der Waals surface area (Å²) in [5, 5.41) is 10.1. The number of hydrogen-bond donors (Lipinski definition) is 3. The van der Waals surface area contributed by atoms with Crippen LogP contribution in [0.2, 0.25) is 10.0 Å². The summed E-state index contributed by atoms with van der Waals surface area (Å²) in [6, 6.07) is 25.1. The number of allylic oxidation sites excluding steroid dienone is 3. The van der Waals surface area contributed by atoms with Gasteiger partial charge in [0.1, 0.15) is 33.9 Å². The Hall–Kier alpha value is -9.24. The van der Waals surface area contributed by atoms with Gasteiger partial charge < -0.3 is 30.4 Å². The Labute approximate surface area is 601 Å². The molecule has 2 heterocycles. The van der Waals surface area contributed by atoms with Crippen LogP contribution in [0, 0.1) is 23.5 Å². The number of carbonyl (C=O) groups excluding carboxylic acids is 4. The van der Waals surface area contributed by atoms with E-state index in [4.69, 9.17) is 45.6 Å². The average Bonchev–Trinajstić information content (AvgIpc) is 0.759. The third-order valence-corrected chi connectivity index (χ3v) is 13.2. The average molecular weight is 1630 g/mol. The van der Waals surface area contributed by atoms with Crippen LogP contribution in [0.3, 0.4) is 0 Å². The summed E-state index contributed by atoms with van der Waals surface area (Å²) < 4.78 is 341. The molecule has 42 heteroatoms. The van der Waals surface area contributed by atoms with Crippen molar-refractivity contribution < 1.29 is 157 Å². The molecule has 1 amide bonds. The first-order valence-corrected chi connectivity index (χ1v) is 30.0. The van der Waals surface area contributed by atoms with E-state index in [0.717, 1.165) is 30.0 Å². The number of nitrogens with zero attached hydrogens (tertiary/aromatic N) is 2. The predicted octanol–water partition coefficient (Wildman–Crippen LogP) is 20.4. The first-order chi connectivity index (χ1) is 48.6. The lowest BCUT2D eigenvalue weighted by Crippen LogP contribution is -2.49. The smallest absolute Gasteiger partial charge is 0.478 e. The first-order valence-electron chi connectivity index (χ1n) is 28.8. The van der Waals surface area contributed by atoms with E-state index >= 15 is 0 Å². The van der Waals surface area contributed by atoms with Gasteiger partial charge in [-0.05, 0) is 94.8 Å². The molecule has 588 valence electrons. The summed E-state index contributed by atoms with van der Waals surface area (Å²) in [4.78, 5) is 62.0. The van der Waals surface area contributed by atoms with E-state index < -0.39 is 160 Å². The van der Waals surface area contributed by atoms with Crippen molar-refractivity contribution in [2.75, 3.05) is 13.2 Å². The van der Waals surface area contributed by atoms with Gasteiger partial charge in [0, 0.05) is 55.1 Å². The van der Waals surface area contributed by atoms with Crippen LogP contribution in [0.5, 0.6) is 0 Å². The molecule has 4 aromatic carbocycles. The van der Waals surface area contributed by atoms with Gasteiger partial charge in [-0.15, -0.1) is 0 Å². The Bertz CT molecular complexity index is 3980. The minimum absolute atomic E-state index is 0.00485. The Morgan fingerprint density at radius 2 is 0.832 bits per heavy atom. The van der Waals surface area contributed by atoms with Gasteiger partial charge in [0.05, 0.1) is 51.3 Å². The summed E-state index contributed by atoms with van der Waals surface area (Å²) >= 11 is 16.6. The third-order valence-electron chi connectivity index (χ3n) is 12.7. The maximum atomic E-state index is 14.5. The van der Waals surface area contributed by atoms with E-state index in [1.54, 1.807) is 50.2 Å². The van der Waals surface area contributed by atoms with E-state index in [1.165, 1.54) is 42.6 Å². The number of carbonyl (C=O) groups is 5. The molecule has 0 aliphatic rings. The Kier molecular flexibility index (Phi) is 33.8. The van der Waals surface area contributed by atoms with Gasteiger partial charge in [-0.1, -0.05) is 112 Å². The van der Waals surface area contributed by atoms with Crippen LogP contribution >= 0.6 is 34.8 Å². The molecule has 2 aromatic heterocycles. The van der Waals surface area contributed by atoms with Gasteiger partial charge >= 0.3 is 72.9 Å². The molecule has 2 atom stereocenters. The number of halogens is 29. The number of nitrogens with two attached hydrogens (primary N) is 1. The summed E-state index contributed by atoms with van der Waals surface area (Å²) in [5.41, 5.74) is -9.66. The standard InChI is InChI=1S/C25H15ClF10N2O.C20H15ClF4N2.C10H10F6O4.C5H9ClO2.C5H2F6O2/c26-17-6-7-20(37-13-17)22(12-14-4-2-1-3-5-14,15-8-16(23(28,29)30)10-18(27)9-15)38-21(39)11-19(24(31,32)33)25(34,35)36;21-16-6-7-18(27-12-16)19(26,11-13-4-2-1-3-5-13)14-8-15(20(23,24)25)10-17(22)9-14;1-5(2)4-19-8(18)20-7(17)3-6(9(11,12)13)10(14,15)16;1-4(2)3-8-5(6)7;6-4(7,8)2(1-3(12)13)5(9,10)11/h1-11,13H,12H2,(H,38,39);1-10,12H,11,26H2;3,5H,4H2,1-2H3;4H,3H2,1-2H3;1H,(H,12,13)/t22-;19-;;;/m00.../s1. The molecule has 6 aromatic rings. The SMILES string of the molecule is CC(C)COC(=O)Cl.CC(C)COC(=O)OC(=O)C=C(C(F)(F)F)C(F)(F)F.N[C@@](Cc1ccccc1)(c1cc(F)cc(C(F)(F)F)c1)c1ccc(Cl)cn1.O=C(C=C(C(F)(F)F)C(F)(F)F)N[C@@](Cc1ccccc1)(c1cc(F)cc(C(F)(F)F)c1)c1ccc(Cl)cn1.O=C(O)C=C(C(F)(F)F)C(F)(F)F. The predicted molar refractivity (Wildman–Crippen MR) is 328 cm³/mol. The second kappa shape index (κ2) is 38.5. The topological polar surface area (TPSA) is 197 Å². The largest absolute Gasteiger partial charge is 0.516 e. The molecule has 0 saturated heterocycles. The summed E-state index contributed by atoms with van der Waals surface area (Å²) in [6.07, 6.45) is -47.1. The molecule has 0 unspecified atom stereocenters. The Morgan fingerprint density at radius 3 is 1.18 bits per heavy atom. The second-order valence-electron chi connectivity index (χ2n) is 22.2. The number of ether oxygens (including phenoxy) is 3. The number of aromatic nitrogens is 2. The lowest BCUT2D eigenvalue weighted by Gasteiger charge is -2.35. The van der Waals surface area contributed by atoms with E-state index in [1.807, 2.05) is 25.2 Å². The van der Waals surface area contributed by atoms with Gasteiger partial charge in [-0.25, -0.2) is 28.0 Å². The molecular weight excluding hydrogens is 1580 g/mol. The number of amides is 1. The first kappa shape index (κ1) is 93.8. The third kappa shape index (κ3) is 32.4. The number of benzene rings is 4. The fourth-order valence-corrected chi connectivity index (χ4v) is 8.45. The second-order valence-corrected chi connectivity index (χ2v) is 23.4. The van der Waals surface area contributed by atoms with Gasteiger partial charge in [0.2, 0.25) is 5.91 Å². The number of rotatable bonds is 16. The van der Waals surface area contributed by atoms with Crippen LogP contribution in [0.25, 0.3) is 0 Å². The molecular formula is C65H51Cl3F26N4O9. The highest BCUT2D eigenvalue weighted by Crippen LogP contribution is 2.44. The molecule has 6 rings (SSSR count). The lowest BCUT2D eigenvalue weighted by atomic mass is 9.79. The Morgan fingerprint density at radius 1 is 0.477 bits per heavy atom. The van der Waals surface area contributed by atoms with Crippen molar-refractivity contribution in [3.8, 4) is 0 Å².